The highest BCUT2D eigenvalue weighted by Crippen LogP contribution is 2.48. The zero-order valence-electron chi connectivity index (χ0n) is 16.2. The van der Waals surface area contributed by atoms with Crippen LogP contribution >= 0.6 is 11.8 Å². The lowest BCUT2D eigenvalue weighted by Gasteiger charge is -2.35. The maximum atomic E-state index is 14.1. The first-order valence-corrected chi connectivity index (χ1v) is 10.5. The molecule has 4 heterocycles. The number of fused-ring (bicyclic) bond motifs is 2. The second kappa shape index (κ2) is 6.98. The van der Waals surface area contributed by atoms with Gasteiger partial charge < -0.3 is 15.0 Å². The van der Waals surface area contributed by atoms with E-state index in [1.807, 2.05) is 13.0 Å². The predicted molar refractivity (Wildman–Crippen MR) is 108 cm³/mol. The van der Waals surface area contributed by atoms with Gasteiger partial charge in [0.05, 0.1) is 29.8 Å². The molecule has 2 fully saturated rings. The standard InChI is InChI=1S/C20H20F2N6OS/c1-19-8-13(7-16(25-19)20(21,22)10-19)30-17-9-24-18(27-26-17)14-3-2-12(6-15(14)29)28-5-4-23-11-28/h2-6,9,11,13,16,25,29H,7-8,10H2,1H3/t13-,16+,19-/m0/s1. The smallest absolute Gasteiger partial charge is 0.264 e. The van der Waals surface area contributed by atoms with Gasteiger partial charge in [-0.15, -0.1) is 10.2 Å². The second-order valence-electron chi connectivity index (χ2n) is 8.17. The lowest BCUT2D eigenvalue weighted by molar-refractivity contribution is -0.0126. The Hall–Kier alpha value is -2.59. The summed E-state index contributed by atoms with van der Waals surface area (Å²) in [6, 6.07) is 4.37. The maximum absolute atomic E-state index is 14.1. The molecule has 0 saturated carbocycles. The number of thioether (sulfide) groups is 1. The highest BCUT2D eigenvalue weighted by atomic mass is 32.2. The van der Waals surface area contributed by atoms with E-state index in [4.69, 9.17) is 0 Å². The van der Waals surface area contributed by atoms with Gasteiger partial charge in [-0.05, 0) is 31.9 Å². The average molecular weight is 430 g/mol. The number of hydrogen-bond donors (Lipinski definition) is 2. The van der Waals surface area contributed by atoms with Gasteiger partial charge in [0.15, 0.2) is 5.82 Å². The number of alkyl halides is 2. The van der Waals surface area contributed by atoms with Crippen LogP contribution in [0.15, 0.2) is 48.1 Å². The number of rotatable bonds is 4. The van der Waals surface area contributed by atoms with Crippen molar-refractivity contribution in [2.24, 2.45) is 0 Å². The Balaban J connectivity index is 1.31. The molecular weight excluding hydrogens is 410 g/mol. The lowest BCUT2D eigenvalue weighted by atomic mass is 9.92. The SMILES string of the molecule is C[C@@]12C[C@@H](Sc3cnc(-c4ccc(-n5ccnc5)cc4O)nn3)C[C@@H](N1)C(F)(F)C2. The van der Waals surface area contributed by atoms with Crippen molar-refractivity contribution in [2.75, 3.05) is 0 Å². The fraction of sp³-hybridized carbons (Fsp3) is 0.400. The predicted octanol–water partition coefficient (Wildman–Crippen LogP) is 3.44. The zero-order chi connectivity index (χ0) is 20.9. The number of aromatic hydroxyl groups is 1. The molecule has 5 rings (SSSR count). The Kier molecular flexibility index (Phi) is 4.51. The second-order valence-corrected chi connectivity index (χ2v) is 9.49. The van der Waals surface area contributed by atoms with Gasteiger partial charge in [-0.25, -0.2) is 18.7 Å². The molecule has 2 bridgehead atoms. The van der Waals surface area contributed by atoms with Gasteiger partial charge in [0.25, 0.3) is 5.92 Å². The van der Waals surface area contributed by atoms with E-state index in [0.29, 0.717) is 29.3 Å². The van der Waals surface area contributed by atoms with Crippen LogP contribution in [0.3, 0.4) is 0 Å². The number of phenolic OH excluding ortho intramolecular Hbond substituents is 1. The van der Waals surface area contributed by atoms with Crippen LogP contribution in [0.2, 0.25) is 0 Å². The Bertz CT molecular complexity index is 1060. The van der Waals surface area contributed by atoms with Crippen LogP contribution in [0.1, 0.15) is 26.2 Å². The molecular formula is C20H20F2N6OS. The number of halogens is 2. The van der Waals surface area contributed by atoms with Crippen molar-refractivity contribution < 1.29 is 13.9 Å². The first kappa shape index (κ1) is 19.4. The summed E-state index contributed by atoms with van der Waals surface area (Å²) < 4.78 is 30.0. The number of benzene rings is 1. The minimum Gasteiger partial charge on any atom is -0.507 e. The van der Waals surface area contributed by atoms with Crippen molar-refractivity contribution in [3.05, 3.63) is 43.1 Å². The minimum absolute atomic E-state index is 0.0273. The van der Waals surface area contributed by atoms with Crippen molar-refractivity contribution in [1.82, 2.24) is 30.0 Å². The first-order chi connectivity index (χ1) is 14.3. The van der Waals surface area contributed by atoms with Crippen LogP contribution in [0.5, 0.6) is 5.75 Å². The number of imidazole rings is 1. The molecule has 10 heteroatoms. The summed E-state index contributed by atoms with van der Waals surface area (Å²) >= 11 is 1.44. The van der Waals surface area contributed by atoms with Crippen molar-refractivity contribution in [3.8, 4) is 22.8 Å². The Morgan fingerprint density at radius 1 is 1.30 bits per heavy atom. The van der Waals surface area contributed by atoms with Gasteiger partial charge in [-0.2, -0.15) is 0 Å². The number of piperidine rings is 1. The van der Waals surface area contributed by atoms with Crippen LogP contribution in [-0.2, 0) is 0 Å². The van der Waals surface area contributed by atoms with E-state index in [1.165, 1.54) is 11.8 Å². The van der Waals surface area contributed by atoms with Gasteiger partial charge in [-0.1, -0.05) is 11.8 Å². The number of aromatic nitrogens is 5. The van der Waals surface area contributed by atoms with Crippen LogP contribution in [0.25, 0.3) is 17.1 Å². The molecule has 0 unspecified atom stereocenters. The third-order valence-electron chi connectivity index (χ3n) is 5.69. The van der Waals surface area contributed by atoms with Crippen LogP contribution < -0.4 is 5.32 Å². The normalized spacial score (nSPS) is 27.3. The minimum atomic E-state index is -2.67. The quantitative estimate of drug-likeness (QED) is 0.655. The van der Waals surface area contributed by atoms with E-state index in [1.54, 1.807) is 41.6 Å². The molecule has 3 aromatic rings. The molecule has 2 N–H and O–H groups in total. The van der Waals surface area contributed by atoms with Crippen molar-refractivity contribution >= 4 is 11.8 Å². The Morgan fingerprint density at radius 2 is 2.17 bits per heavy atom. The fourth-order valence-electron chi connectivity index (χ4n) is 4.42. The molecule has 3 atom stereocenters. The topological polar surface area (TPSA) is 88.8 Å². The Morgan fingerprint density at radius 3 is 2.83 bits per heavy atom. The number of phenols is 1. The number of nitrogens with one attached hydrogen (secondary N) is 1. The van der Waals surface area contributed by atoms with Crippen LogP contribution in [0.4, 0.5) is 8.78 Å². The van der Waals surface area contributed by atoms with Gasteiger partial charge in [0, 0.05) is 35.7 Å². The molecule has 0 spiro atoms. The first-order valence-electron chi connectivity index (χ1n) is 9.65. The summed E-state index contributed by atoms with van der Waals surface area (Å²) in [4.78, 5) is 8.32. The van der Waals surface area contributed by atoms with Crippen molar-refractivity contribution in [2.45, 2.75) is 54.0 Å². The highest BCUT2D eigenvalue weighted by Gasteiger charge is 2.57. The molecule has 156 valence electrons. The van der Waals surface area contributed by atoms with Gasteiger partial charge >= 0.3 is 0 Å². The highest BCUT2D eigenvalue weighted by molar-refractivity contribution is 7.99. The zero-order valence-corrected chi connectivity index (χ0v) is 17.0. The van der Waals surface area contributed by atoms with Crippen LogP contribution in [0, 0.1) is 0 Å². The Labute approximate surface area is 176 Å². The number of hydrogen-bond acceptors (Lipinski definition) is 7. The van der Waals surface area contributed by atoms with E-state index in [9.17, 15) is 13.9 Å². The monoisotopic (exact) mass is 430 g/mol. The summed E-state index contributed by atoms with van der Waals surface area (Å²) in [6.45, 7) is 1.86. The fourth-order valence-corrected chi connectivity index (χ4v) is 5.70. The van der Waals surface area contributed by atoms with Crippen LogP contribution in [-0.4, -0.2) is 52.6 Å². The molecule has 0 radical (unpaired) electrons. The molecule has 0 amide bonds. The molecule has 2 saturated heterocycles. The summed E-state index contributed by atoms with van der Waals surface area (Å²) in [6.07, 6.45) is 7.56. The molecule has 2 aliphatic heterocycles. The largest absolute Gasteiger partial charge is 0.507 e. The molecule has 0 aliphatic carbocycles. The van der Waals surface area contributed by atoms with E-state index < -0.39 is 17.5 Å². The molecule has 2 aliphatic rings. The van der Waals surface area contributed by atoms with Gasteiger partial charge in [-0.3, -0.25) is 0 Å². The molecule has 7 nitrogen and oxygen atoms in total. The molecule has 1 aromatic carbocycles. The van der Waals surface area contributed by atoms with E-state index in [0.717, 1.165) is 5.69 Å². The summed E-state index contributed by atoms with van der Waals surface area (Å²) in [5.41, 5.74) is 0.683. The van der Waals surface area contributed by atoms with Gasteiger partial charge in [0.2, 0.25) is 0 Å². The van der Waals surface area contributed by atoms with E-state index >= 15 is 0 Å². The number of nitrogens with zero attached hydrogens (tertiary/aromatic N) is 5. The van der Waals surface area contributed by atoms with Crippen molar-refractivity contribution in [1.29, 1.82) is 0 Å². The summed E-state index contributed by atoms with van der Waals surface area (Å²) in [5, 5.41) is 22.4. The van der Waals surface area contributed by atoms with Gasteiger partial charge in [0.1, 0.15) is 10.8 Å². The van der Waals surface area contributed by atoms with E-state index in [2.05, 4.69) is 25.5 Å². The summed E-state index contributed by atoms with van der Waals surface area (Å²) in [5.74, 6) is -2.33. The summed E-state index contributed by atoms with van der Waals surface area (Å²) in [7, 11) is 0. The maximum Gasteiger partial charge on any atom is 0.264 e. The molecule has 30 heavy (non-hydrogen) atoms. The van der Waals surface area contributed by atoms with E-state index in [-0.39, 0.29) is 17.4 Å². The lowest BCUT2D eigenvalue weighted by Crippen LogP contribution is -2.49. The molecule has 2 aromatic heterocycles. The van der Waals surface area contributed by atoms with Crippen molar-refractivity contribution in [3.63, 3.8) is 0 Å². The third kappa shape index (κ3) is 3.54. The average Bonchev–Trinajstić information content (AvgIpc) is 3.27. The third-order valence-corrected chi connectivity index (χ3v) is 6.81.